The van der Waals surface area contributed by atoms with Crippen molar-refractivity contribution in [3.63, 3.8) is 0 Å². The Bertz CT molecular complexity index is 557. The average molecular weight is 324 g/mol. The van der Waals surface area contributed by atoms with Crippen molar-refractivity contribution in [2.24, 2.45) is 5.73 Å². The maximum Gasteiger partial charge on any atom is 0.124 e. The molecule has 0 radical (unpaired) electrons. The molecule has 0 aliphatic heterocycles. The second kappa shape index (κ2) is 6.17. The number of hydrogen-bond acceptors (Lipinski definition) is 2. The van der Waals surface area contributed by atoms with Crippen molar-refractivity contribution in [1.29, 1.82) is 0 Å². The quantitative estimate of drug-likeness (QED) is 0.927. The summed E-state index contributed by atoms with van der Waals surface area (Å²) in [6.45, 7) is 0. The zero-order valence-electron chi connectivity index (χ0n) is 10.6. The van der Waals surface area contributed by atoms with Gasteiger partial charge in [0.2, 0.25) is 0 Å². The van der Waals surface area contributed by atoms with E-state index in [9.17, 15) is 4.39 Å². The molecular weight excluding hydrogens is 309 g/mol. The molecule has 2 aromatic carbocycles. The second-order valence-corrected chi connectivity index (χ2v) is 5.24. The van der Waals surface area contributed by atoms with Crippen LogP contribution in [-0.4, -0.2) is 7.11 Å². The number of rotatable bonds is 4. The molecule has 0 amide bonds. The highest BCUT2D eigenvalue weighted by molar-refractivity contribution is 9.10. The first-order valence-electron chi connectivity index (χ1n) is 5.93. The third-order valence-electron chi connectivity index (χ3n) is 2.96. The van der Waals surface area contributed by atoms with Crippen molar-refractivity contribution in [3.05, 3.63) is 63.9 Å². The van der Waals surface area contributed by atoms with E-state index in [0.717, 1.165) is 21.3 Å². The van der Waals surface area contributed by atoms with Gasteiger partial charge in [-0.15, -0.1) is 0 Å². The zero-order chi connectivity index (χ0) is 13.8. The van der Waals surface area contributed by atoms with Crippen LogP contribution in [0.25, 0.3) is 0 Å². The van der Waals surface area contributed by atoms with E-state index >= 15 is 0 Å². The molecule has 1 unspecified atom stereocenters. The highest BCUT2D eigenvalue weighted by Crippen LogP contribution is 2.29. The summed E-state index contributed by atoms with van der Waals surface area (Å²) >= 11 is 3.40. The highest BCUT2D eigenvalue weighted by Gasteiger charge is 2.13. The van der Waals surface area contributed by atoms with Gasteiger partial charge in [-0.05, 0) is 36.2 Å². The van der Waals surface area contributed by atoms with Crippen LogP contribution in [0.1, 0.15) is 17.2 Å². The van der Waals surface area contributed by atoms with Gasteiger partial charge in [0.25, 0.3) is 0 Å². The van der Waals surface area contributed by atoms with E-state index < -0.39 is 0 Å². The molecular formula is C15H15BrFNO. The first kappa shape index (κ1) is 14.0. The Labute approximate surface area is 120 Å². The summed E-state index contributed by atoms with van der Waals surface area (Å²) < 4.78 is 19.1. The Morgan fingerprint density at radius 3 is 2.53 bits per heavy atom. The minimum Gasteiger partial charge on any atom is -0.496 e. The molecule has 0 saturated heterocycles. The third kappa shape index (κ3) is 3.55. The van der Waals surface area contributed by atoms with Crippen molar-refractivity contribution in [1.82, 2.24) is 0 Å². The maximum atomic E-state index is 12.9. The van der Waals surface area contributed by atoms with Crippen LogP contribution in [0.4, 0.5) is 4.39 Å². The average Bonchev–Trinajstić information content (AvgIpc) is 2.41. The summed E-state index contributed by atoms with van der Waals surface area (Å²) in [5, 5.41) is 0. The molecule has 19 heavy (non-hydrogen) atoms. The Balaban J connectivity index is 2.19. The highest BCUT2D eigenvalue weighted by atomic mass is 79.9. The lowest BCUT2D eigenvalue weighted by Gasteiger charge is -2.16. The molecule has 0 saturated carbocycles. The predicted octanol–water partition coefficient (Wildman–Crippen LogP) is 3.84. The van der Waals surface area contributed by atoms with E-state index in [-0.39, 0.29) is 11.9 Å². The first-order valence-corrected chi connectivity index (χ1v) is 6.73. The fraction of sp³-hybridized carbons (Fsp3) is 0.200. The zero-order valence-corrected chi connectivity index (χ0v) is 12.2. The molecule has 1 atom stereocenters. The van der Waals surface area contributed by atoms with Crippen LogP contribution in [0.5, 0.6) is 5.75 Å². The van der Waals surface area contributed by atoms with E-state index in [0.29, 0.717) is 6.42 Å². The molecule has 100 valence electrons. The van der Waals surface area contributed by atoms with Gasteiger partial charge in [0.05, 0.1) is 7.11 Å². The Morgan fingerprint density at radius 1 is 1.21 bits per heavy atom. The van der Waals surface area contributed by atoms with Crippen molar-refractivity contribution >= 4 is 15.9 Å². The molecule has 0 bridgehead atoms. The summed E-state index contributed by atoms with van der Waals surface area (Å²) in [4.78, 5) is 0. The van der Waals surface area contributed by atoms with E-state index in [4.69, 9.17) is 10.5 Å². The number of nitrogens with two attached hydrogens (primary N) is 1. The Hall–Kier alpha value is -1.39. The standard InChI is InChI=1S/C15H15BrFNO/c1-19-15-9-11(16)4-7-13(15)14(18)8-10-2-5-12(17)6-3-10/h2-7,9,14H,8,18H2,1H3. The fourth-order valence-electron chi connectivity index (χ4n) is 1.98. The van der Waals surface area contributed by atoms with Gasteiger partial charge in [-0.3, -0.25) is 0 Å². The molecule has 0 heterocycles. The normalized spacial score (nSPS) is 12.2. The van der Waals surface area contributed by atoms with Crippen molar-refractivity contribution < 1.29 is 9.13 Å². The van der Waals surface area contributed by atoms with Gasteiger partial charge >= 0.3 is 0 Å². The van der Waals surface area contributed by atoms with E-state index in [2.05, 4.69) is 15.9 Å². The molecule has 0 fully saturated rings. The Morgan fingerprint density at radius 2 is 1.89 bits per heavy atom. The van der Waals surface area contributed by atoms with Gasteiger partial charge in [-0.25, -0.2) is 4.39 Å². The van der Waals surface area contributed by atoms with Gasteiger partial charge in [-0.2, -0.15) is 0 Å². The summed E-state index contributed by atoms with van der Waals surface area (Å²) in [7, 11) is 1.62. The molecule has 2 N–H and O–H groups in total. The smallest absolute Gasteiger partial charge is 0.124 e. The van der Waals surface area contributed by atoms with Gasteiger partial charge in [0.15, 0.2) is 0 Å². The molecule has 0 aromatic heterocycles. The van der Waals surface area contributed by atoms with Crippen LogP contribution in [0.2, 0.25) is 0 Å². The van der Waals surface area contributed by atoms with Crippen molar-refractivity contribution in [2.45, 2.75) is 12.5 Å². The number of halogens is 2. The van der Waals surface area contributed by atoms with Crippen LogP contribution in [0.15, 0.2) is 46.9 Å². The van der Waals surface area contributed by atoms with E-state index in [1.165, 1.54) is 12.1 Å². The number of hydrogen-bond donors (Lipinski definition) is 1. The number of benzene rings is 2. The van der Waals surface area contributed by atoms with Crippen LogP contribution >= 0.6 is 15.9 Å². The van der Waals surface area contributed by atoms with Crippen molar-refractivity contribution in [2.75, 3.05) is 7.11 Å². The molecule has 2 rings (SSSR count). The molecule has 0 spiro atoms. The number of methoxy groups -OCH3 is 1. The molecule has 4 heteroatoms. The summed E-state index contributed by atoms with van der Waals surface area (Å²) in [6, 6.07) is 12.0. The molecule has 2 aromatic rings. The van der Waals surface area contributed by atoms with Gasteiger partial charge in [-0.1, -0.05) is 34.1 Å². The van der Waals surface area contributed by atoms with Gasteiger partial charge < -0.3 is 10.5 Å². The van der Waals surface area contributed by atoms with Crippen LogP contribution < -0.4 is 10.5 Å². The summed E-state index contributed by atoms with van der Waals surface area (Å²) in [6.07, 6.45) is 0.637. The minimum atomic E-state index is -0.237. The molecule has 0 aliphatic carbocycles. The predicted molar refractivity (Wildman–Crippen MR) is 77.7 cm³/mol. The Kier molecular flexibility index (Phi) is 4.56. The topological polar surface area (TPSA) is 35.2 Å². The third-order valence-corrected chi connectivity index (χ3v) is 3.46. The summed E-state index contributed by atoms with van der Waals surface area (Å²) in [5.74, 6) is 0.516. The van der Waals surface area contributed by atoms with Crippen LogP contribution in [0, 0.1) is 5.82 Å². The largest absolute Gasteiger partial charge is 0.496 e. The second-order valence-electron chi connectivity index (χ2n) is 4.32. The molecule has 0 aliphatic rings. The SMILES string of the molecule is COc1cc(Br)ccc1C(N)Cc1ccc(F)cc1. The first-order chi connectivity index (χ1) is 9.10. The van der Waals surface area contributed by atoms with Crippen LogP contribution in [-0.2, 0) is 6.42 Å². The van der Waals surface area contributed by atoms with Crippen LogP contribution in [0.3, 0.4) is 0 Å². The molecule has 2 nitrogen and oxygen atoms in total. The van der Waals surface area contributed by atoms with E-state index in [1.807, 2.05) is 18.2 Å². The van der Waals surface area contributed by atoms with Crippen molar-refractivity contribution in [3.8, 4) is 5.75 Å². The maximum absolute atomic E-state index is 12.9. The van der Waals surface area contributed by atoms with E-state index in [1.54, 1.807) is 19.2 Å². The monoisotopic (exact) mass is 323 g/mol. The number of ether oxygens (including phenoxy) is 1. The fourth-order valence-corrected chi connectivity index (χ4v) is 2.32. The lowest BCUT2D eigenvalue weighted by Crippen LogP contribution is -2.14. The lowest BCUT2D eigenvalue weighted by atomic mass is 9.99. The van der Waals surface area contributed by atoms with Gasteiger partial charge in [0.1, 0.15) is 11.6 Å². The lowest BCUT2D eigenvalue weighted by molar-refractivity contribution is 0.405. The minimum absolute atomic E-state index is 0.187. The summed E-state index contributed by atoms with van der Waals surface area (Å²) in [5.41, 5.74) is 8.14. The van der Waals surface area contributed by atoms with Gasteiger partial charge in [0, 0.05) is 16.1 Å².